The number of methoxy groups -OCH3 is 1. The van der Waals surface area contributed by atoms with E-state index in [4.69, 9.17) is 4.74 Å². The van der Waals surface area contributed by atoms with Gasteiger partial charge >= 0.3 is 5.91 Å². The lowest BCUT2D eigenvalue weighted by Gasteiger charge is -2.23. The molecule has 2 heterocycles. The number of amides is 1. The maximum absolute atomic E-state index is 13.3. The zero-order chi connectivity index (χ0) is 24.0. The largest absolute Gasteiger partial charge is 0.507 e. The summed E-state index contributed by atoms with van der Waals surface area (Å²) < 4.78 is 7.04. The summed E-state index contributed by atoms with van der Waals surface area (Å²) in [6.07, 6.45) is 0. The van der Waals surface area contributed by atoms with Crippen LogP contribution in [-0.2, 0) is 9.59 Å². The van der Waals surface area contributed by atoms with E-state index in [0.29, 0.717) is 22.0 Å². The number of fused-ring (bicyclic) bond motifs is 1. The van der Waals surface area contributed by atoms with Crippen LogP contribution in [0.3, 0.4) is 0 Å². The van der Waals surface area contributed by atoms with Crippen molar-refractivity contribution in [3.8, 4) is 5.75 Å². The molecule has 1 aromatic heterocycles. The number of aliphatic hydroxyl groups is 1. The van der Waals surface area contributed by atoms with Crippen LogP contribution in [0.5, 0.6) is 5.75 Å². The lowest BCUT2D eigenvalue weighted by molar-refractivity contribution is -0.132. The number of rotatable bonds is 4. The smallest absolute Gasteiger partial charge is 0.301 e. The molecule has 0 radical (unpaired) electrons. The fourth-order valence-electron chi connectivity index (χ4n) is 4.04. The highest BCUT2D eigenvalue weighted by atomic mass is 79.9. The predicted octanol–water partition coefficient (Wildman–Crippen LogP) is 6.00. The average molecular weight is 535 g/mol. The van der Waals surface area contributed by atoms with Gasteiger partial charge in [0.15, 0.2) is 5.13 Å². The molecule has 5 rings (SSSR count). The number of halogens is 1. The Morgan fingerprint density at radius 3 is 2.59 bits per heavy atom. The summed E-state index contributed by atoms with van der Waals surface area (Å²) >= 11 is 4.77. The van der Waals surface area contributed by atoms with Gasteiger partial charge in [-0.15, -0.1) is 0 Å². The Bertz CT molecular complexity index is 1480. The van der Waals surface area contributed by atoms with E-state index in [1.54, 1.807) is 24.3 Å². The number of aryl methyl sites for hydroxylation is 1. The minimum atomic E-state index is -0.832. The SMILES string of the molecule is COc1cccc(/C(O)=C2\C(=O)C(=O)N(c3nc4ccc(C)cc4s3)[C@@H]2c2ccc(Br)cc2)c1. The Labute approximate surface area is 208 Å². The van der Waals surface area contributed by atoms with Crippen LogP contribution < -0.4 is 9.64 Å². The van der Waals surface area contributed by atoms with Gasteiger partial charge < -0.3 is 9.84 Å². The van der Waals surface area contributed by atoms with Crippen molar-refractivity contribution in [2.24, 2.45) is 0 Å². The molecule has 4 aromatic rings. The molecule has 34 heavy (non-hydrogen) atoms. The Kier molecular flexibility index (Phi) is 5.71. The first-order valence-electron chi connectivity index (χ1n) is 10.5. The summed E-state index contributed by atoms with van der Waals surface area (Å²) in [5.41, 5.74) is 2.90. The molecule has 1 amide bonds. The number of benzene rings is 3. The van der Waals surface area contributed by atoms with Gasteiger partial charge in [-0.3, -0.25) is 14.5 Å². The summed E-state index contributed by atoms with van der Waals surface area (Å²) in [6.45, 7) is 1.99. The molecule has 8 heteroatoms. The predicted molar refractivity (Wildman–Crippen MR) is 136 cm³/mol. The van der Waals surface area contributed by atoms with E-state index in [1.165, 1.54) is 23.3 Å². The van der Waals surface area contributed by atoms with Gasteiger partial charge in [0, 0.05) is 10.0 Å². The second-order valence-corrected chi connectivity index (χ2v) is 9.84. The van der Waals surface area contributed by atoms with Crippen molar-refractivity contribution in [3.63, 3.8) is 0 Å². The minimum Gasteiger partial charge on any atom is -0.507 e. The Balaban J connectivity index is 1.73. The summed E-state index contributed by atoms with van der Waals surface area (Å²) in [5.74, 6) is -1.22. The van der Waals surface area contributed by atoms with Crippen LogP contribution >= 0.6 is 27.3 Å². The van der Waals surface area contributed by atoms with Crippen LogP contribution in [0, 0.1) is 6.92 Å². The number of thiazole rings is 1. The molecule has 1 atom stereocenters. The standard InChI is InChI=1S/C26H19BrN2O4S/c1-14-6-11-19-20(12-14)34-26(28-19)29-22(15-7-9-17(27)10-8-15)21(24(31)25(29)32)23(30)16-4-3-5-18(13-16)33-2/h3-13,22,30H,1-2H3/b23-21+/t22-/m1/s1. The third-order valence-corrected chi connectivity index (χ3v) is 7.26. The lowest BCUT2D eigenvalue weighted by Crippen LogP contribution is -2.29. The van der Waals surface area contributed by atoms with Crippen LogP contribution in [-0.4, -0.2) is 28.9 Å². The van der Waals surface area contributed by atoms with Crippen LogP contribution in [0.15, 0.2) is 76.8 Å². The summed E-state index contributed by atoms with van der Waals surface area (Å²) in [7, 11) is 1.52. The molecule has 1 aliphatic rings. The number of hydrogen-bond acceptors (Lipinski definition) is 6. The van der Waals surface area contributed by atoms with E-state index < -0.39 is 17.7 Å². The molecule has 3 aromatic carbocycles. The molecule has 0 aliphatic carbocycles. The average Bonchev–Trinajstić information content (AvgIpc) is 3.37. The van der Waals surface area contributed by atoms with Gasteiger partial charge in [0.1, 0.15) is 11.5 Å². The summed E-state index contributed by atoms with van der Waals surface area (Å²) in [5, 5.41) is 11.7. The third-order valence-electron chi connectivity index (χ3n) is 5.71. The molecule has 0 saturated carbocycles. The van der Waals surface area contributed by atoms with Crippen LogP contribution in [0.25, 0.3) is 16.0 Å². The number of carbonyl (C=O) groups is 2. The van der Waals surface area contributed by atoms with E-state index in [2.05, 4.69) is 20.9 Å². The highest BCUT2D eigenvalue weighted by Crippen LogP contribution is 2.44. The highest BCUT2D eigenvalue weighted by Gasteiger charge is 2.48. The van der Waals surface area contributed by atoms with Gasteiger partial charge in [-0.25, -0.2) is 4.98 Å². The first kappa shape index (κ1) is 22.3. The normalized spacial score (nSPS) is 17.5. The van der Waals surface area contributed by atoms with Crippen LogP contribution in [0.2, 0.25) is 0 Å². The number of ether oxygens (including phenoxy) is 1. The van der Waals surface area contributed by atoms with Crippen molar-refractivity contribution < 1.29 is 19.4 Å². The van der Waals surface area contributed by atoms with Crippen molar-refractivity contribution in [3.05, 3.63) is 93.5 Å². The van der Waals surface area contributed by atoms with Crippen LogP contribution in [0.4, 0.5) is 5.13 Å². The zero-order valence-corrected chi connectivity index (χ0v) is 20.7. The van der Waals surface area contributed by atoms with Crippen molar-refractivity contribution in [2.45, 2.75) is 13.0 Å². The second kappa shape index (κ2) is 8.70. The third kappa shape index (κ3) is 3.78. The molecular formula is C26H19BrN2O4S. The van der Waals surface area contributed by atoms with E-state index in [-0.39, 0.29) is 11.3 Å². The van der Waals surface area contributed by atoms with Crippen molar-refractivity contribution in [2.75, 3.05) is 12.0 Å². The van der Waals surface area contributed by atoms with E-state index in [9.17, 15) is 14.7 Å². The van der Waals surface area contributed by atoms with Gasteiger partial charge in [-0.2, -0.15) is 0 Å². The van der Waals surface area contributed by atoms with Gasteiger partial charge in [0.25, 0.3) is 5.78 Å². The summed E-state index contributed by atoms with van der Waals surface area (Å²) in [6, 6.07) is 19.1. The van der Waals surface area contributed by atoms with Gasteiger partial charge in [0.2, 0.25) is 0 Å². The van der Waals surface area contributed by atoms with Crippen molar-refractivity contribution in [1.29, 1.82) is 0 Å². The molecule has 0 spiro atoms. The van der Waals surface area contributed by atoms with Gasteiger partial charge in [-0.05, 0) is 54.4 Å². The van der Waals surface area contributed by atoms with Crippen molar-refractivity contribution in [1.82, 2.24) is 4.98 Å². The fraction of sp³-hybridized carbons (Fsp3) is 0.115. The maximum Gasteiger partial charge on any atom is 0.301 e. The molecule has 0 unspecified atom stereocenters. The first-order valence-corrected chi connectivity index (χ1v) is 12.1. The van der Waals surface area contributed by atoms with E-state index in [0.717, 1.165) is 20.3 Å². The quantitative estimate of drug-likeness (QED) is 0.197. The Hall–Kier alpha value is -3.49. The molecule has 1 aliphatic heterocycles. The monoisotopic (exact) mass is 534 g/mol. The molecule has 0 bridgehead atoms. The zero-order valence-electron chi connectivity index (χ0n) is 18.3. The molecule has 1 N–H and O–H groups in total. The second-order valence-electron chi connectivity index (χ2n) is 7.92. The highest BCUT2D eigenvalue weighted by molar-refractivity contribution is 9.10. The number of aliphatic hydroxyl groups excluding tert-OH is 1. The van der Waals surface area contributed by atoms with Crippen LogP contribution in [0.1, 0.15) is 22.7 Å². The number of nitrogens with zero attached hydrogens (tertiary/aromatic N) is 2. The first-order chi connectivity index (χ1) is 16.4. The maximum atomic E-state index is 13.3. The van der Waals surface area contributed by atoms with Crippen molar-refractivity contribution >= 4 is 60.1 Å². The number of hydrogen-bond donors (Lipinski definition) is 1. The van der Waals surface area contributed by atoms with Gasteiger partial charge in [0.05, 0.1) is 28.9 Å². The summed E-state index contributed by atoms with van der Waals surface area (Å²) in [4.78, 5) is 32.7. The lowest BCUT2D eigenvalue weighted by atomic mass is 9.95. The molecule has 170 valence electrons. The van der Waals surface area contributed by atoms with E-state index >= 15 is 0 Å². The fourth-order valence-corrected chi connectivity index (χ4v) is 5.39. The molecule has 1 fully saturated rings. The number of aromatic nitrogens is 1. The topological polar surface area (TPSA) is 79.7 Å². The molecular weight excluding hydrogens is 516 g/mol. The Morgan fingerprint density at radius 1 is 1.09 bits per heavy atom. The molecule has 1 saturated heterocycles. The number of carbonyl (C=O) groups excluding carboxylic acids is 2. The minimum absolute atomic E-state index is 0.0102. The number of ketones is 1. The molecule has 6 nitrogen and oxygen atoms in total. The number of Topliss-reactive ketones (excluding diaryl/α,β-unsaturated/α-hetero) is 1. The Morgan fingerprint density at radius 2 is 1.85 bits per heavy atom. The van der Waals surface area contributed by atoms with Gasteiger partial charge in [-0.1, -0.05) is 57.6 Å². The van der Waals surface area contributed by atoms with E-state index in [1.807, 2.05) is 49.4 Å². The number of anilines is 1.